The summed E-state index contributed by atoms with van der Waals surface area (Å²) in [4.78, 5) is 36.3. The zero-order chi connectivity index (χ0) is 21.4. The molecule has 1 heterocycles. The lowest BCUT2D eigenvalue weighted by molar-refractivity contribution is -0.143. The number of esters is 1. The number of aromatic nitrogens is 1. The fourth-order valence-corrected chi connectivity index (χ4v) is 3.24. The number of benzene rings is 1. The first kappa shape index (κ1) is 22.4. The maximum absolute atomic E-state index is 12.6. The molecule has 1 atom stereocenters. The summed E-state index contributed by atoms with van der Waals surface area (Å²) in [7, 11) is 1.63. The van der Waals surface area contributed by atoms with Crippen LogP contribution in [0.15, 0.2) is 36.4 Å². The number of nitrogens with zero attached hydrogens (tertiary/aromatic N) is 1. The van der Waals surface area contributed by atoms with Gasteiger partial charge in [-0.25, -0.2) is 0 Å². The largest absolute Gasteiger partial charge is 0.457 e. The van der Waals surface area contributed by atoms with Gasteiger partial charge >= 0.3 is 5.97 Å². The molecule has 7 nitrogen and oxygen atoms in total. The van der Waals surface area contributed by atoms with E-state index in [4.69, 9.17) is 9.47 Å². The highest BCUT2D eigenvalue weighted by Crippen LogP contribution is 2.18. The Labute approximate surface area is 171 Å². The topological polar surface area (TPSA) is 86.6 Å². The summed E-state index contributed by atoms with van der Waals surface area (Å²) in [6.07, 6.45) is -0.0519. The number of ketones is 1. The maximum Gasteiger partial charge on any atom is 0.308 e. The highest BCUT2D eigenvalue weighted by atomic mass is 16.5. The number of amides is 1. The van der Waals surface area contributed by atoms with Crippen molar-refractivity contribution in [1.29, 1.82) is 0 Å². The van der Waals surface area contributed by atoms with Crippen LogP contribution in [0.1, 0.15) is 46.7 Å². The number of carbonyl (C=O) groups is 3. The number of hydrogen-bond acceptors (Lipinski definition) is 5. The molecule has 2 rings (SSSR count). The monoisotopic (exact) mass is 400 g/mol. The average molecular weight is 400 g/mol. The molecule has 0 aliphatic rings. The van der Waals surface area contributed by atoms with Crippen molar-refractivity contribution in [2.24, 2.45) is 0 Å². The predicted molar refractivity (Wildman–Crippen MR) is 109 cm³/mol. The minimum absolute atomic E-state index is 0.0519. The van der Waals surface area contributed by atoms with Crippen molar-refractivity contribution in [2.45, 2.75) is 39.8 Å². The molecule has 1 amide bonds. The van der Waals surface area contributed by atoms with Gasteiger partial charge in [-0.3, -0.25) is 14.4 Å². The summed E-state index contributed by atoms with van der Waals surface area (Å²) in [5, 5.41) is 2.75. The summed E-state index contributed by atoms with van der Waals surface area (Å²) in [6, 6.07) is 10.5. The van der Waals surface area contributed by atoms with Gasteiger partial charge in [0.15, 0.2) is 6.61 Å². The van der Waals surface area contributed by atoms with Crippen molar-refractivity contribution in [1.82, 2.24) is 9.88 Å². The first-order valence-electron chi connectivity index (χ1n) is 9.50. The Morgan fingerprint density at radius 1 is 1.14 bits per heavy atom. The van der Waals surface area contributed by atoms with Gasteiger partial charge in [0, 0.05) is 37.5 Å². The fourth-order valence-electron chi connectivity index (χ4n) is 3.24. The van der Waals surface area contributed by atoms with Gasteiger partial charge in [0.1, 0.15) is 0 Å². The van der Waals surface area contributed by atoms with Crippen molar-refractivity contribution in [3.63, 3.8) is 0 Å². The second kappa shape index (κ2) is 10.6. The van der Waals surface area contributed by atoms with Gasteiger partial charge in [0.05, 0.1) is 19.1 Å². The normalized spacial score (nSPS) is 11.7. The molecule has 1 aromatic heterocycles. The molecular weight excluding hydrogens is 372 g/mol. The van der Waals surface area contributed by atoms with Gasteiger partial charge in [0.25, 0.3) is 0 Å². The molecule has 1 N–H and O–H groups in total. The predicted octanol–water partition coefficient (Wildman–Crippen LogP) is 2.74. The Hall–Kier alpha value is -2.93. The summed E-state index contributed by atoms with van der Waals surface area (Å²) in [5.41, 5.74) is 3.10. The summed E-state index contributed by atoms with van der Waals surface area (Å²) >= 11 is 0. The molecule has 2 aromatic rings. The Balaban J connectivity index is 1.99. The first-order valence-corrected chi connectivity index (χ1v) is 9.50. The molecule has 0 unspecified atom stereocenters. The number of ether oxygens (including phenoxy) is 2. The van der Waals surface area contributed by atoms with Crippen LogP contribution >= 0.6 is 0 Å². The zero-order valence-corrected chi connectivity index (χ0v) is 17.4. The number of hydrogen-bond donors (Lipinski definition) is 1. The van der Waals surface area contributed by atoms with Crippen molar-refractivity contribution in [3.05, 3.63) is 58.9 Å². The molecule has 29 heavy (non-hydrogen) atoms. The van der Waals surface area contributed by atoms with Crippen LogP contribution in [-0.4, -0.2) is 42.6 Å². The minimum Gasteiger partial charge on any atom is -0.457 e. The van der Waals surface area contributed by atoms with Crippen LogP contribution in [0.5, 0.6) is 0 Å². The Morgan fingerprint density at radius 3 is 2.45 bits per heavy atom. The summed E-state index contributed by atoms with van der Waals surface area (Å²) in [6.45, 7) is 6.03. The van der Waals surface area contributed by atoms with Crippen LogP contribution in [-0.2, 0) is 25.6 Å². The second-order valence-corrected chi connectivity index (χ2v) is 6.88. The van der Waals surface area contributed by atoms with E-state index in [1.54, 1.807) is 13.2 Å². The number of rotatable bonds is 10. The molecule has 0 fully saturated rings. The second-order valence-electron chi connectivity index (χ2n) is 6.88. The lowest BCUT2D eigenvalue weighted by atomic mass is 10.0. The van der Waals surface area contributed by atoms with Crippen LogP contribution in [0.25, 0.3) is 0 Å². The van der Waals surface area contributed by atoms with E-state index < -0.39 is 12.0 Å². The molecule has 0 saturated carbocycles. The highest BCUT2D eigenvalue weighted by Gasteiger charge is 2.21. The van der Waals surface area contributed by atoms with E-state index in [0.717, 1.165) is 17.0 Å². The average Bonchev–Trinajstić information content (AvgIpc) is 2.98. The number of carbonyl (C=O) groups excluding carboxylic acids is 3. The maximum atomic E-state index is 12.6. The smallest absolute Gasteiger partial charge is 0.308 e. The van der Waals surface area contributed by atoms with Gasteiger partial charge in [0.2, 0.25) is 11.7 Å². The summed E-state index contributed by atoms with van der Waals surface area (Å²) in [5.74, 6) is -1.05. The molecule has 1 aromatic carbocycles. The minimum atomic E-state index is -0.547. The molecule has 0 bridgehead atoms. The molecule has 0 spiro atoms. The van der Waals surface area contributed by atoms with Crippen molar-refractivity contribution < 1.29 is 23.9 Å². The van der Waals surface area contributed by atoms with Crippen LogP contribution in [0.2, 0.25) is 0 Å². The van der Waals surface area contributed by atoms with E-state index in [1.807, 2.05) is 48.7 Å². The Morgan fingerprint density at radius 2 is 1.83 bits per heavy atom. The number of Topliss-reactive ketones (excluding diaryl/α,β-unsaturated/α-hetero) is 1. The van der Waals surface area contributed by atoms with E-state index in [2.05, 4.69) is 5.32 Å². The first-order chi connectivity index (χ1) is 13.8. The Bertz CT molecular complexity index is 858. The number of methoxy groups -OCH3 is 1. The third-order valence-electron chi connectivity index (χ3n) is 4.71. The number of aryl methyl sites for hydroxylation is 1. The molecule has 0 radical (unpaired) electrons. The lowest BCUT2D eigenvalue weighted by Crippen LogP contribution is -2.29. The molecule has 0 aliphatic carbocycles. The third kappa shape index (κ3) is 6.29. The van der Waals surface area contributed by atoms with Crippen LogP contribution < -0.4 is 5.32 Å². The SMILES string of the molecule is COCCn1c(C)cc(C(=O)COC(=O)C[C@H](NC(C)=O)c2ccccc2)c1C. The highest BCUT2D eigenvalue weighted by molar-refractivity contribution is 5.99. The zero-order valence-electron chi connectivity index (χ0n) is 17.4. The fraction of sp³-hybridized carbons (Fsp3) is 0.409. The van der Waals surface area contributed by atoms with E-state index in [1.165, 1.54) is 6.92 Å². The molecular formula is C22H28N2O5. The summed E-state index contributed by atoms with van der Waals surface area (Å²) < 4.78 is 12.3. The van der Waals surface area contributed by atoms with E-state index in [-0.39, 0.29) is 24.7 Å². The van der Waals surface area contributed by atoms with Gasteiger partial charge in [-0.2, -0.15) is 0 Å². The van der Waals surface area contributed by atoms with Gasteiger partial charge < -0.3 is 19.4 Å². The lowest BCUT2D eigenvalue weighted by Gasteiger charge is -2.17. The van der Waals surface area contributed by atoms with Crippen LogP contribution in [0, 0.1) is 13.8 Å². The standard InChI is InChI=1S/C22H28N2O5/c1-15-12-19(16(2)24(15)10-11-28-4)21(26)14-29-22(27)13-20(23-17(3)25)18-8-6-5-7-9-18/h5-9,12,20H,10-11,13-14H2,1-4H3,(H,23,25)/t20-/m0/s1. The van der Waals surface area contributed by atoms with Gasteiger partial charge in [-0.1, -0.05) is 30.3 Å². The molecule has 7 heteroatoms. The van der Waals surface area contributed by atoms with E-state index >= 15 is 0 Å². The Kier molecular flexibility index (Phi) is 8.15. The molecule has 0 saturated heterocycles. The van der Waals surface area contributed by atoms with Crippen LogP contribution in [0.3, 0.4) is 0 Å². The van der Waals surface area contributed by atoms with E-state index in [9.17, 15) is 14.4 Å². The van der Waals surface area contributed by atoms with Gasteiger partial charge in [-0.05, 0) is 25.5 Å². The van der Waals surface area contributed by atoms with Crippen molar-refractivity contribution in [3.8, 4) is 0 Å². The third-order valence-corrected chi connectivity index (χ3v) is 4.71. The molecule has 156 valence electrons. The van der Waals surface area contributed by atoms with Crippen molar-refractivity contribution >= 4 is 17.7 Å². The molecule has 0 aliphatic heterocycles. The van der Waals surface area contributed by atoms with Crippen LogP contribution in [0.4, 0.5) is 0 Å². The number of nitrogens with one attached hydrogen (secondary N) is 1. The van der Waals surface area contributed by atoms with E-state index in [0.29, 0.717) is 18.7 Å². The van der Waals surface area contributed by atoms with Crippen molar-refractivity contribution in [2.75, 3.05) is 20.3 Å². The quantitative estimate of drug-likeness (QED) is 0.490. The van der Waals surface area contributed by atoms with Gasteiger partial charge in [-0.15, -0.1) is 0 Å².